The lowest BCUT2D eigenvalue weighted by atomic mass is 9.99. The number of hydrogen-bond donors (Lipinski definition) is 2. The Morgan fingerprint density at radius 1 is 1.30 bits per heavy atom. The minimum absolute atomic E-state index is 0.0321. The van der Waals surface area contributed by atoms with Crippen LogP contribution in [0.5, 0.6) is 5.75 Å². The summed E-state index contributed by atoms with van der Waals surface area (Å²) in [5, 5.41) is 12.9. The van der Waals surface area contributed by atoms with E-state index in [9.17, 15) is 13.2 Å². The number of nitrogens with one attached hydrogen (secondary N) is 1. The second kappa shape index (κ2) is 9.13. The standard InChI is InChI=1S/C20H27N3O6S/c1-20(19(24)22-25,30(2,26)27)12-11-14-7-9-16(10-8-14)28-13-17-21-18(23-29-17)15-5-3-4-6-15/h7-10,15,25H,3-6,11-13H2,1-2H3,(H,22,24). The van der Waals surface area contributed by atoms with Crippen LogP contribution in [0.3, 0.4) is 0 Å². The summed E-state index contributed by atoms with van der Waals surface area (Å²) in [6, 6.07) is 7.11. The van der Waals surface area contributed by atoms with E-state index in [1.807, 2.05) is 0 Å². The third kappa shape index (κ3) is 4.99. The van der Waals surface area contributed by atoms with Gasteiger partial charge in [-0.15, -0.1) is 0 Å². The van der Waals surface area contributed by atoms with Gasteiger partial charge in [0.15, 0.2) is 22.3 Å². The molecule has 9 nitrogen and oxygen atoms in total. The van der Waals surface area contributed by atoms with Crippen molar-refractivity contribution in [1.29, 1.82) is 0 Å². The first-order chi connectivity index (χ1) is 14.2. The Labute approximate surface area is 175 Å². The summed E-state index contributed by atoms with van der Waals surface area (Å²) >= 11 is 0. The molecule has 0 spiro atoms. The topological polar surface area (TPSA) is 132 Å². The van der Waals surface area contributed by atoms with Gasteiger partial charge in [0.2, 0.25) is 0 Å². The van der Waals surface area contributed by atoms with Crippen molar-refractivity contribution in [1.82, 2.24) is 15.6 Å². The van der Waals surface area contributed by atoms with Crippen molar-refractivity contribution in [2.45, 2.75) is 62.7 Å². The minimum Gasteiger partial charge on any atom is -0.484 e. The average molecular weight is 438 g/mol. The third-order valence-corrected chi connectivity index (χ3v) is 7.81. The predicted molar refractivity (Wildman–Crippen MR) is 108 cm³/mol. The number of rotatable bonds is 9. The van der Waals surface area contributed by atoms with Gasteiger partial charge in [-0.1, -0.05) is 30.1 Å². The molecular formula is C20H27N3O6S. The van der Waals surface area contributed by atoms with Crippen LogP contribution in [-0.2, 0) is 27.7 Å². The maximum atomic E-state index is 12.0. The van der Waals surface area contributed by atoms with E-state index in [1.165, 1.54) is 25.2 Å². The molecule has 10 heteroatoms. The first-order valence-electron chi connectivity index (χ1n) is 9.91. The number of hydroxylamine groups is 1. The van der Waals surface area contributed by atoms with E-state index in [1.54, 1.807) is 24.3 Å². The molecule has 164 valence electrons. The van der Waals surface area contributed by atoms with Crippen LogP contribution in [0.4, 0.5) is 0 Å². The van der Waals surface area contributed by atoms with Crippen LogP contribution >= 0.6 is 0 Å². The zero-order valence-corrected chi connectivity index (χ0v) is 17.9. The highest BCUT2D eigenvalue weighted by molar-refractivity contribution is 7.92. The molecule has 2 N–H and O–H groups in total. The molecule has 1 amide bonds. The molecule has 1 aromatic carbocycles. The van der Waals surface area contributed by atoms with Gasteiger partial charge in [0.25, 0.3) is 11.8 Å². The van der Waals surface area contributed by atoms with Crippen LogP contribution in [0.25, 0.3) is 0 Å². The number of aryl methyl sites for hydroxylation is 1. The van der Waals surface area contributed by atoms with Crippen LogP contribution in [-0.4, -0.2) is 40.7 Å². The van der Waals surface area contributed by atoms with Crippen molar-refractivity contribution in [2.75, 3.05) is 6.26 Å². The van der Waals surface area contributed by atoms with E-state index < -0.39 is 20.5 Å². The van der Waals surface area contributed by atoms with E-state index in [4.69, 9.17) is 14.5 Å². The molecule has 0 radical (unpaired) electrons. The Bertz CT molecular complexity index is 967. The fraction of sp³-hybridized carbons (Fsp3) is 0.550. The zero-order chi connectivity index (χ0) is 21.8. The number of amides is 1. The SMILES string of the molecule is CC(CCc1ccc(OCc2nc(C3CCCC3)no2)cc1)(C(=O)NO)S(C)(=O)=O. The molecular weight excluding hydrogens is 410 g/mol. The average Bonchev–Trinajstić information content (AvgIpc) is 3.41. The number of carbonyl (C=O) groups is 1. The van der Waals surface area contributed by atoms with Gasteiger partial charge >= 0.3 is 0 Å². The Hall–Kier alpha value is -2.46. The maximum Gasteiger partial charge on any atom is 0.264 e. The highest BCUT2D eigenvalue weighted by Gasteiger charge is 2.43. The molecule has 1 fully saturated rings. The lowest BCUT2D eigenvalue weighted by Gasteiger charge is -2.25. The summed E-state index contributed by atoms with van der Waals surface area (Å²) in [6.45, 7) is 1.47. The van der Waals surface area contributed by atoms with Gasteiger partial charge in [0.1, 0.15) is 10.5 Å². The third-order valence-electron chi connectivity index (χ3n) is 5.78. The molecule has 0 saturated heterocycles. The Kier molecular flexibility index (Phi) is 6.77. The summed E-state index contributed by atoms with van der Waals surface area (Å²) in [5.41, 5.74) is 2.29. The first kappa shape index (κ1) is 22.2. The fourth-order valence-electron chi connectivity index (χ4n) is 3.54. The number of sulfone groups is 1. The number of hydrogen-bond acceptors (Lipinski definition) is 8. The van der Waals surface area contributed by atoms with Gasteiger partial charge in [0.05, 0.1) is 0 Å². The minimum atomic E-state index is -3.72. The summed E-state index contributed by atoms with van der Waals surface area (Å²) in [7, 11) is -3.72. The monoisotopic (exact) mass is 437 g/mol. The summed E-state index contributed by atoms with van der Waals surface area (Å²) in [6.07, 6.45) is 5.95. The van der Waals surface area contributed by atoms with Crippen LogP contribution in [0, 0.1) is 0 Å². The molecule has 3 rings (SSSR count). The zero-order valence-electron chi connectivity index (χ0n) is 17.1. The molecule has 1 aliphatic carbocycles. The van der Waals surface area contributed by atoms with Crippen molar-refractivity contribution in [3.05, 3.63) is 41.5 Å². The van der Waals surface area contributed by atoms with Gasteiger partial charge in [-0.25, -0.2) is 13.9 Å². The van der Waals surface area contributed by atoms with Crippen LogP contribution < -0.4 is 10.2 Å². The second-order valence-electron chi connectivity index (χ2n) is 7.90. The normalized spacial score (nSPS) is 16.9. The first-order valence-corrected chi connectivity index (χ1v) is 11.8. The van der Waals surface area contributed by atoms with E-state index in [-0.39, 0.29) is 13.0 Å². The van der Waals surface area contributed by atoms with Gasteiger partial charge in [0, 0.05) is 12.2 Å². The number of nitrogens with zero attached hydrogens (tertiary/aromatic N) is 2. The lowest BCUT2D eigenvalue weighted by Crippen LogP contribution is -2.49. The molecule has 1 atom stereocenters. The van der Waals surface area contributed by atoms with Gasteiger partial charge in [-0.3, -0.25) is 10.0 Å². The molecule has 1 aromatic heterocycles. The molecule has 30 heavy (non-hydrogen) atoms. The van der Waals surface area contributed by atoms with E-state index in [2.05, 4.69) is 10.1 Å². The predicted octanol–water partition coefficient (Wildman–Crippen LogP) is 2.55. The molecule has 1 saturated carbocycles. The number of carbonyl (C=O) groups excluding carboxylic acids is 1. The van der Waals surface area contributed by atoms with Crippen LogP contribution in [0.1, 0.15) is 62.2 Å². The van der Waals surface area contributed by atoms with Gasteiger partial charge < -0.3 is 9.26 Å². The highest BCUT2D eigenvalue weighted by Crippen LogP contribution is 2.32. The highest BCUT2D eigenvalue weighted by atomic mass is 32.2. The second-order valence-corrected chi connectivity index (χ2v) is 10.3. The largest absolute Gasteiger partial charge is 0.484 e. The quantitative estimate of drug-likeness (QED) is 0.452. The molecule has 1 aliphatic rings. The number of ether oxygens (including phenoxy) is 1. The van der Waals surface area contributed by atoms with Crippen molar-refractivity contribution in [3.63, 3.8) is 0 Å². The molecule has 0 bridgehead atoms. The van der Waals surface area contributed by atoms with Crippen molar-refractivity contribution < 1.29 is 27.7 Å². The van der Waals surface area contributed by atoms with Gasteiger partial charge in [-0.05, 0) is 50.3 Å². The Morgan fingerprint density at radius 3 is 2.57 bits per heavy atom. The lowest BCUT2D eigenvalue weighted by molar-refractivity contribution is -0.131. The summed E-state index contributed by atoms with van der Waals surface area (Å²) in [5.74, 6) is 1.23. The number of aromatic nitrogens is 2. The smallest absolute Gasteiger partial charge is 0.264 e. The number of benzene rings is 1. The Morgan fingerprint density at radius 2 is 1.97 bits per heavy atom. The van der Waals surface area contributed by atoms with Crippen molar-refractivity contribution in [3.8, 4) is 5.75 Å². The molecule has 1 unspecified atom stereocenters. The summed E-state index contributed by atoms with van der Waals surface area (Å²) < 4.78 is 33.3. The molecule has 0 aliphatic heterocycles. The van der Waals surface area contributed by atoms with E-state index >= 15 is 0 Å². The van der Waals surface area contributed by atoms with Crippen molar-refractivity contribution >= 4 is 15.7 Å². The van der Waals surface area contributed by atoms with Crippen LogP contribution in [0.15, 0.2) is 28.8 Å². The summed E-state index contributed by atoms with van der Waals surface area (Å²) in [4.78, 5) is 16.3. The van der Waals surface area contributed by atoms with Gasteiger partial charge in [-0.2, -0.15) is 4.98 Å². The maximum absolute atomic E-state index is 12.0. The fourth-order valence-corrected chi connectivity index (χ4v) is 4.40. The van der Waals surface area contributed by atoms with Crippen LogP contribution in [0.2, 0.25) is 0 Å². The van der Waals surface area contributed by atoms with E-state index in [0.29, 0.717) is 24.0 Å². The molecule has 1 heterocycles. The Balaban J connectivity index is 1.55. The molecule has 2 aromatic rings. The van der Waals surface area contributed by atoms with Crippen molar-refractivity contribution in [2.24, 2.45) is 0 Å². The van der Waals surface area contributed by atoms with E-state index in [0.717, 1.165) is 30.5 Å².